The summed E-state index contributed by atoms with van der Waals surface area (Å²) < 4.78 is 5.65. The lowest BCUT2D eigenvalue weighted by molar-refractivity contribution is 0.180. The second kappa shape index (κ2) is 11.5. The van der Waals surface area contributed by atoms with Crippen LogP contribution in [0.25, 0.3) is 10.6 Å². The number of nitrogens with one attached hydrogen (secondary N) is 2. The number of thiazole rings is 1. The molecule has 0 bridgehead atoms. The normalized spacial score (nSPS) is 12.6. The summed E-state index contributed by atoms with van der Waals surface area (Å²) in [5, 5.41) is 20.0. The Morgan fingerprint density at radius 2 is 1.84 bits per heavy atom. The lowest BCUT2D eigenvalue weighted by atomic mass is 10.1. The first-order valence-corrected chi connectivity index (χ1v) is 11.4. The van der Waals surface area contributed by atoms with E-state index in [1.54, 1.807) is 11.3 Å². The SMILES string of the molecule is CCNC(=NCc1csc(-c2ccccc2)n1)NCC(O)c1ccc(OC(C)C)cc1. The van der Waals surface area contributed by atoms with Crippen LogP contribution < -0.4 is 15.4 Å². The van der Waals surface area contributed by atoms with E-state index in [-0.39, 0.29) is 6.10 Å². The lowest BCUT2D eigenvalue weighted by Gasteiger charge is -2.16. The Morgan fingerprint density at radius 3 is 2.52 bits per heavy atom. The molecule has 1 heterocycles. The molecule has 3 aromatic rings. The molecule has 31 heavy (non-hydrogen) atoms. The Balaban J connectivity index is 1.56. The number of aromatic nitrogens is 1. The summed E-state index contributed by atoms with van der Waals surface area (Å²) >= 11 is 1.62. The van der Waals surface area contributed by atoms with Crippen molar-refractivity contribution in [2.24, 2.45) is 4.99 Å². The molecule has 0 amide bonds. The molecule has 0 radical (unpaired) electrons. The van der Waals surface area contributed by atoms with Gasteiger partial charge in [0.05, 0.1) is 24.4 Å². The Labute approximate surface area is 188 Å². The quantitative estimate of drug-likeness (QED) is 0.341. The van der Waals surface area contributed by atoms with Crippen molar-refractivity contribution in [1.82, 2.24) is 15.6 Å². The minimum atomic E-state index is -0.652. The maximum Gasteiger partial charge on any atom is 0.191 e. The van der Waals surface area contributed by atoms with E-state index in [1.807, 2.05) is 68.6 Å². The van der Waals surface area contributed by atoms with E-state index in [9.17, 15) is 5.11 Å². The summed E-state index contributed by atoms with van der Waals surface area (Å²) in [6.45, 7) is 7.54. The lowest BCUT2D eigenvalue weighted by Crippen LogP contribution is -2.39. The average molecular weight is 439 g/mol. The molecule has 1 aromatic heterocycles. The molecule has 0 aliphatic carbocycles. The van der Waals surface area contributed by atoms with Crippen LogP contribution in [0.2, 0.25) is 0 Å². The number of guanidine groups is 1. The number of ether oxygens (including phenoxy) is 1. The van der Waals surface area contributed by atoms with Gasteiger partial charge in [-0.15, -0.1) is 11.3 Å². The van der Waals surface area contributed by atoms with Crippen molar-refractivity contribution in [2.75, 3.05) is 13.1 Å². The predicted octanol–water partition coefficient (Wildman–Crippen LogP) is 4.39. The fraction of sp³-hybridized carbons (Fsp3) is 0.333. The van der Waals surface area contributed by atoms with Gasteiger partial charge >= 0.3 is 0 Å². The molecule has 0 saturated heterocycles. The maximum absolute atomic E-state index is 10.5. The Morgan fingerprint density at radius 1 is 1.10 bits per heavy atom. The number of rotatable bonds is 9. The smallest absolute Gasteiger partial charge is 0.191 e. The molecular formula is C24H30N4O2S. The third-order valence-corrected chi connectivity index (χ3v) is 5.36. The maximum atomic E-state index is 10.5. The van der Waals surface area contributed by atoms with Gasteiger partial charge in [-0.1, -0.05) is 42.5 Å². The van der Waals surface area contributed by atoms with Crippen molar-refractivity contribution >= 4 is 17.3 Å². The molecule has 2 aromatic carbocycles. The first-order valence-electron chi connectivity index (χ1n) is 10.5. The highest BCUT2D eigenvalue weighted by molar-refractivity contribution is 7.13. The van der Waals surface area contributed by atoms with E-state index in [2.05, 4.69) is 32.7 Å². The summed E-state index contributed by atoms with van der Waals surface area (Å²) in [6, 6.07) is 17.7. The number of hydrogen-bond donors (Lipinski definition) is 3. The van der Waals surface area contributed by atoms with Crippen LogP contribution >= 0.6 is 11.3 Å². The van der Waals surface area contributed by atoms with Gasteiger partial charge in [0.25, 0.3) is 0 Å². The number of nitrogens with zero attached hydrogens (tertiary/aromatic N) is 2. The van der Waals surface area contributed by atoms with Crippen LogP contribution in [0.5, 0.6) is 5.75 Å². The molecule has 0 aliphatic rings. The minimum absolute atomic E-state index is 0.123. The zero-order valence-corrected chi connectivity index (χ0v) is 19.0. The van der Waals surface area contributed by atoms with Crippen molar-refractivity contribution in [3.63, 3.8) is 0 Å². The second-order valence-electron chi connectivity index (χ2n) is 7.34. The van der Waals surface area contributed by atoms with Crippen LogP contribution in [-0.4, -0.2) is 35.2 Å². The van der Waals surface area contributed by atoms with Gasteiger partial charge in [-0.2, -0.15) is 0 Å². The fourth-order valence-corrected chi connectivity index (χ4v) is 3.76. The monoisotopic (exact) mass is 438 g/mol. The van der Waals surface area contributed by atoms with Gasteiger partial charge in [-0.25, -0.2) is 9.98 Å². The van der Waals surface area contributed by atoms with Crippen molar-refractivity contribution in [2.45, 2.75) is 39.5 Å². The minimum Gasteiger partial charge on any atom is -0.491 e. The topological polar surface area (TPSA) is 78.8 Å². The number of aliphatic hydroxyl groups is 1. The first kappa shape index (κ1) is 22.8. The Kier molecular flexibility index (Phi) is 8.44. The molecule has 6 nitrogen and oxygen atoms in total. The number of aliphatic imine (C=N–C) groups is 1. The van der Waals surface area contributed by atoms with Crippen molar-refractivity contribution in [3.8, 4) is 16.3 Å². The van der Waals surface area contributed by atoms with Crippen molar-refractivity contribution in [3.05, 3.63) is 71.2 Å². The molecule has 0 fully saturated rings. The zero-order valence-electron chi connectivity index (χ0n) is 18.2. The molecule has 0 aliphatic heterocycles. The van der Waals surface area contributed by atoms with Crippen LogP contribution in [0.4, 0.5) is 0 Å². The average Bonchev–Trinajstić information content (AvgIpc) is 3.25. The van der Waals surface area contributed by atoms with E-state index in [0.717, 1.165) is 34.1 Å². The summed E-state index contributed by atoms with van der Waals surface area (Å²) in [4.78, 5) is 9.29. The van der Waals surface area contributed by atoms with Crippen LogP contribution in [0.15, 0.2) is 65.0 Å². The van der Waals surface area contributed by atoms with E-state index in [1.165, 1.54) is 0 Å². The Bertz CT molecular complexity index is 955. The number of aliphatic hydroxyl groups excluding tert-OH is 1. The molecule has 0 saturated carbocycles. The van der Waals surface area contributed by atoms with Gasteiger partial charge in [0.1, 0.15) is 10.8 Å². The summed E-state index contributed by atoms with van der Waals surface area (Å²) in [5.74, 6) is 1.45. The van der Waals surface area contributed by atoms with E-state index in [0.29, 0.717) is 19.0 Å². The summed E-state index contributed by atoms with van der Waals surface area (Å²) in [7, 11) is 0. The first-order chi connectivity index (χ1) is 15.0. The third kappa shape index (κ3) is 7.08. The zero-order chi connectivity index (χ0) is 22.1. The predicted molar refractivity (Wildman–Crippen MR) is 128 cm³/mol. The van der Waals surface area contributed by atoms with Gasteiger partial charge in [-0.3, -0.25) is 0 Å². The van der Waals surface area contributed by atoms with Crippen LogP contribution in [0.1, 0.15) is 38.1 Å². The standard InChI is InChI=1S/C24H30N4O2S/c1-4-25-24(26-14-20-16-31-23(28-20)19-8-6-5-7-9-19)27-15-22(29)18-10-12-21(13-11-18)30-17(2)3/h5-13,16-17,22,29H,4,14-15H2,1-3H3,(H2,25,26,27). The van der Waals surface area contributed by atoms with Crippen LogP contribution in [0, 0.1) is 0 Å². The number of hydrogen-bond acceptors (Lipinski definition) is 5. The largest absolute Gasteiger partial charge is 0.491 e. The summed E-state index contributed by atoms with van der Waals surface area (Å²) in [6.07, 6.45) is -0.529. The third-order valence-electron chi connectivity index (χ3n) is 4.42. The van der Waals surface area contributed by atoms with Crippen LogP contribution in [0.3, 0.4) is 0 Å². The molecule has 3 rings (SSSR count). The van der Waals surface area contributed by atoms with E-state index < -0.39 is 6.10 Å². The highest BCUT2D eigenvalue weighted by atomic mass is 32.1. The molecule has 1 atom stereocenters. The van der Waals surface area contributed by atoms with Gasteiger partial charge in [0.15, 0.2) is 5.96 Å². The highest BCUT2D eigenvalue weighted by Crippen LogP contribution is 2.23. The highest BCUT2D eigenvalue weighted by Gasteiger charge is 2.10. The van der Waals surface area contributed by atoms with Gasteiger partial charge in [0, 0.05) is 24.0 Å². The molecule has 1 unspecified atom stereocenters. The molecule has 7 heteroatoms. The number of benzene rings is 2. The van der Waals surface area contributed by atoms with E-state index >= 15 is 0 Å². The molecule has 0 spiro atoms. The molecule has 164 valence electrons. The van der Waals surface area contributed by atoms with Crippen molar-refractivity contribution < 1.29 is 9.84 Å². The molecular weight excluding hydrogens is 408 g/mol. The second-order valence-corrected chi connectivity index (χ2v) is 8.20. The molecule has 3 N–H and O–H groups in total. The summed E-state index contributed by atoms with van der Waals surface area (Å²) in [5.41, 5.74) is 2.86. The van der Waals surface area contributed by atoms with Crippen molar-refractivity contribution in [1.29, 1.82) is 0 Å². The van der Waals surface area contributed by atoms with Crippen LogP contribution in [-0.2, 0) is 6.54 Å². The van der Waals surface area contributed by atoms with Gasteiger partial charge in [-0.05, 0) is 38.5 Å². The van der Waals surface area contributed by atoms with Gasteiger partial charge in [0.2, 0.25) is 0 Å². The fourth-order valence-electron chi connectivity index (χ4n) is 2.95. The van der Waals surface area contributed by atoms with E-state index in [4.69, 9.17) is 4.74 Å². The van der Waals surface area contributed by atoms with Gasteiger partial charge < -0.3 is 20.5 Å². The Hall–Kier alpha value is -2.90.